The Balaban J connectivity index is 3.24. The van der Waals surface area contributed by atoms with Crippen LogP contribution in [0.3, 0.4) is 0 Å². The molecule has 0 aliphatic rings. The Morgan fingerprint density at radius 3 is 2.46 bits per heavy atom. The number of nitrogens with one attached hydrogen (secondary N) is 1. The van der Waals surface area contributed by atoms with Crippen LogP contribution in [-0.2, 0) is 10.0 Å². The van der Waals surface area contributed by atoms with Crippen molar-refractivity contribution in [1.82, 2.24) is 9.62 Å². The topological polar surface area (TPSA) is 75.7 Å². The Morgan fingerprint density at radius 1 is 1.29 bits per heavy atom. The number of ether oxygens (including phenoxy) is 1. The van der Waals surface area contributed by atoms with Gasteiger partial charge in [-0.25, -0.2) is 13.1 Å². The van der Waals surface area contributed by atoms with Crippen molar-refractivity contribution >= 4 is 15.9 Å². The van der Waals surface area contributed by atoms with Crippen molar-refractivity contribution in [2.75, 3.05) is 20.2 Å². The fourth-order valence-corrected chi connectivity index (χ4v) is 3.77. The average Bonchev–Trinajstić information content (AvgIpc) is 2.53. The first kappa shape index (κ1) is 20.4. The first-order chi connectivity index (χ1) is 11.3. The van der Waals surface area contributed by atoms with Crippen LogP contribution in [0.25, 0.3) is 0 Å². The number of nitrogens with zero attached hydrogens (tertiary/aromatic N) is 1. The number of methoxy groups -OCH3 is 1. The fraction of sp³-hybridized carbons (Fsp3) is 0.588. The van der Waals surface area contributed by atoms with Gasteiger partial charge in [-0.2, -0.15) is 0 Å². The molecular formula is C17H28N2O4S. The first-order valence-corrected chi connectivity index (χ1v) is 9.74. The van der Waals surface area contributed by atoms with Crippen LogP contribution in [0, 0.1) is 0 Å². The summed E-state index contributed by atoms with van der Waals surface area (Å²) in [5.74, 6) is 0.0471. The van der Waals surface area contributed by atoms with Crippen molar-refractivity contribution in [1.29, 1.82) is 0 Å². The molecule has 0 atom stereocenters. The second-order valence-electron chi connectivity index (χ2n) is 5.88. The van der Waals surface area contributed by atoms with Gasteiger partial charge in [0.1, 0.15) is 10.6 Å². The van der Waals surface area contributed by atoms with E-state index in [9.17, 15) is 13.2 Å². The summed E-state index contributed by atoms with van der Waals surface area (Å²) in [6.45, 7) is 8.69. The summed E-state index contributed by atoms with van der Waals surface area (Å²) < 4.78 is 32.7. The molecule has 136 valence electrons. The molecule has 1 amide bonds. The lowest BCUT2D eigenvalue weighted by atomic mass is 10.1. The molecule has 1 rings (SSSR count). The molecule has 24 heavy (non-hydrogen) atoms. The molecule has 1 N–H and O–H groups in total. The monoisotopic (exact) mass is 356 g/mol. The molecule has 0 saturated heterocycles. The third-order valence-corrected chi connectivity index (χ3v) is 5.22. The molecular weight excluding hydrogens is 328 g/mol. The lowest BCUT2D eigenvalue weighted by Crippen LogP contribution is -2.33. The highest BCUT2D eigenvalue weighted by Gasteiger charge is 2.23. The third kappa shape index (κ3) is 5.21. The zero-order chi connectivity index (χ0) is 18.3. The standard InChI is InChI=1S/C17H28N2O4S/c1-6-8-11-19(7-2)17(20)14-9-10-15(23-5)16(12-14)24(21,22)18-13(3)4/h9-10,12-13,18H,6-8,11H2,1-5H3. The smallest absolute Gasteiger partial charge is 0.253 e. The van der Waals surface area contributed by atoms with E-state index in [-0.39, 0.29) is 22.6 Å². The van der Waals surface area contributed by atoms with Gasteiger partial charge in [0.05, 0.1) is 7.11 Å². The summed E-state index contributed by atoms with van der Waals surface area (Å²) in [5, 5.41) is 0. The molecule has 0 radical (unpaired) electrons. The van der Waals surface area contributed by atoms with E-state index >= 15 is 0 Å². The molecule has 0 spiro atoms. The van der Waals surface area contributed by atoms with E-state index in [1.165, 1.54) is 19.2 Å². The summed E-state index contributed by atoms with van der Waals surface area (Å²) in [4.78, 5) is 14.4. The highest BCUT2D eigenvalue weighted by molar-refractivity contribution is 7.89. The second-order valence-corrected chi connectivity index (χ2v) is 7.56. The first-order valence-electron chi connectivity index (χ1n) is 8.26. The van der Waals surface area contributed by atoms with Crippen LogP contribution in [0.1, 0.15) is 50.9 Å². The Hall–Kier alpha value is -1.60. The number of unbranched alkanes of at least 4 members (excludes halogenated alkanes) is 1. The number of rotatable bonds is 9. The summed E-state index contributed by atoms with van der Waals surface area (Å²) >= 11 is 0. The molecule has 1 aromatic carbocycles. The predicted molar refractivity (Wildman–Crippen MR) is 94.9 cm³/mol. The Kier molecular flexibility index (Phi) is 7.69. The predicted octanol–water partition coefficient (Wildman–Crippen LogP) is 2.64. The van der Waals surface area contributed by atoms with Crippen molar-refractivity contribution in [3.8, 4) is 5.75 Å². The summed E-state index contributed by atoms with van der Waals surface area (Å²) in [7, 11) is -2.35. The highest BCUT2D eigenvalue weighted by atomic mass is 32.2. The van der Waals surface area contributed by atoms with Gasteiger partial charge in [-0.1, -0.05) is 13.3 Å². The minimum atomic E-state index is -3.75. The molecule has 0 saturated carbocycles. The van der Waals surface area contributed by atoms with Crippen LogP contribution in [0.15, 0.2) is 23.1 Å². The van der Waals surface area contributed by atoms with Crippen molar-refractivity contribution in [2.24, 2.45) is 0 Å². The lowest BCUT2D eigenvalue weighted by Gasteiger charge is -2.21. The van der Waals surface area contributed by atoms with Gasteiger partial charge in [-0.05, 0) is 45.4 Å². The van der Waals surface area contributed by atoms with E-state index in [0.717, 1.165) is 12.8 Å². The van der Waals surface area contributed by atoms with Gasteiger partial charge >= 0.3 is 0 Å². The van der Waals surface area contributed by atoms with Crippen LogP contribution in [-0.4, -0.2) is 45.5 Å². The largest absolute Gasteiger partial charge is 0.495 e. The van der Waals surface area contributed by atoms with E-state index < -0.39 is 10.0 Å². The van der Waals surface area contributed by atoms with Crippen LogP contribution in [0.5, 0.6) is 5.75 Å². The van der Waals surface area contributed by atoms with Gasteiger partial charge in [-0.15, -0.1) is 0 Å². The molecule has 0 aliphatic carbocycles. The Morgan fingerprint density at radius 2 is 1.96 bits per heavy atom. The number of hydrogen-bond donors (Lipinski definition) is 1. The molecule has 0 heterocycles. The quantitative estimate of drug-likeness (QED) is 0.738. The van der Waals surface area contributed by atoms with Gasteiger partial charge in [0, 0.05) is 24.7 Å². The molecule has 7 heteroatoms. The zero-order valence-electron chi connectivity index (χ0n) is 15.1. The molecule has 0 bridgehead atoms. The molecule has 1 aromatic rings. The molecule has 0 aliphatic heterocycles. The van der Waals surface area contributed by atoms with E-state index in [2.05, 4.69) is 11.6 Å². The summed E-state index contributed by atoms with van der Waals surface area (Å²) in [6, 6.07) is 4.26. The Bertz CT molecular complexity index is 657. The fourth-order valence-electron chi connectivity index (χ4n) is 2.33. The van der Waals surface area contributed by atoms with Gasteiger partial charge in [0.25, 0.3) is 5.91 Å². The molecule has 0 fully saturated rings. The SMILES string of the molecule is CCCCN(CC)C(=O)c1ccc(OC)c(S(=O)(=O)NC(C)C)c1. The Labute approximate surface area is 145 Å². The number of amides is 1. The van der Waals surface area contributed by atoms with Gasteiger partial charge < -0.3 is 9.64 Å². The maximum absolute atomic E-state index is 12.7. The minimum absolute atomic E-state index is 0.0175. The minimum Gasteiger partial charge on any atom is -0.495 e. The van der Waals surface area contributed by atoms with Crippen molar-refractivity contribution in [3.05, 3.63) is 23.8 Å². The van der Waals surface area contributed by atoms with Crippen molar-refractivity contribution in [3.63, 3.8) is 0 Å². The van der Waals surface area contributed by atoms with E-state index in [1.807, 2.05) is 6.92 Å². The van der Waals surface area contributed by atoms with Crippen LogP contribution in [0.2, 0.25) is 0 Å². The second kappa shape index (κ2) is 9.03. The van der Waals surface area contributed by atoms with E-state index in [0.29, 0.717) is 18.7 Å². The van der Waals surface area contributed by atoms with Gasteiger partial charge in [0.2, 0.25) is 10.0 Å². The number of sulfonamides is 1. The van der Waals surface area contributed by atoms with Crippen LogP contribution < -0.4 is 9.46 Å². The maximum atomic E-state index is 12.7. The lowest BCUT2D eigenvalue weighted by molar-refractivity contribution is 0.0762. The molecule has 6 nitrogen and oxygen atoms in total. The highest BCUT2D eigenvalue weighted by Crippen LogP contribution is 2.25. The number of carbonyl (C=O) groups excluding carboxylic acids is 1. The van der Waals surface area contributed by atoms with Crippen molar-refractivity contribution in [2.45, 2.75) is 51.5 Å². The zero-order valence-corrected chi connectivity index (χ0v) is 15.9. The number of benzene rings is 1. The van der Waals surface area contributed by atoms with Crippen molar-refractivity contribution < 1.29 is 17.9 Å². The van der Waals surface area contributed by atoms with Gasteiger partial charge in [0.15, 0.2) is 0 Å². The maximum Gasteiger partial charge on any atom is 0.253 e. The van der Waals surface area contributed by atoms with Crippen LogP contribution >= 0.6 is 0 Å². The van der Waals surface area contributed by atoms with E-state index in [1.54, 1.807) is 24.8 Å². The molecule has 0 aromatic heterocycles. The third-order valence-electron chi connectivity index (χ3n) is 3.54. The van der Waals surface area contributed by atoms with E-state index in [4.69, 9.17) is 4.74 Å². The number of carbonyl (C=O) groups is 1. The number of hydrogen-bond acceptors (Lipinski definition) is 4. The normalized spacial score (nSPS) is 11.6. The van der Waals surface area contributed by atoms with Gasteiger partial charge in [-0.3, -0.25) is 4.79 Å². The average molecular weight is 356 g/mol. The summed E-state index contributed by atoms with van der Waals surface area (Å²) in [6.07, 6.45) is 1.90. The molecule has 0 unspecified atom stereocenters. The summed E-state index contributed by atoms with van der Waals surface area (Å²) in [5.41, 5.74) is 0.345. The van der Waals surface area contributed by atoms with Crippen LogP contribution in [0.4, 0.5) is 0 Å².